The van der Waals surface area contributed by atoms with Gasteiger partial charge in [-0.3, -0.25) is 20.2 Å². The van der Waals surface area contributed by atoms with Gasteiger partial charge in [-0.25, -0.2) is 9.97 Å². The molecule has 0 unspecified atom stereocenters. The minimum Gasteiger partial charge on any atom is -0.457 e. The van der Waals surface area contributed by atoms with Gasteiger partial charge in [-0.05, 0) is 48.9 Å². The van der Waals surface area contributed by atoms with Gasteiger partial charge in [0.2, 0.25) is 0 Å². The van der Waals surface area contributed by atoms with Crippen molar-refractivity contribution >= 4 is 28.1 Å². The number of nitrogens with one attached hydrogen (secondary N) is 1. The van der Waals surface area contributed by atoms with Gasteiger partial charge in [0.25, 0.3) is 11.6 Å². The van der Waals surface area contributed by atoms with Crippen LogP contribution in [0.1, 0.15) is 15.9 Å². The van der Waals surface area contributed by atoms with Crippen LogP contribution in [0.3, 0.4) is 0 Å². The van der Waals surface area contributed by atoms with Gasteiger partial charge in [0.15, 0.2) is 5.13 Å². The Balaban J connectivity index is 1.78. The van der Waals surface area contributed by atoms with E-state index in [-0.39, 0.29) is 16.9 Å². The molecule has 0 aliphatic rings. The van der Waals surface area contributed by atoms with Crippen LogP contribution in [-0.2, 0) is 0 Å². The number of anilines is 1. The van der Waals surface area contributed by atoms with Crippen molar-refractivity contribution in [1.82, 2.24) is 9.97 Å². The van der Waals surface area contributed by atoms with Crippen molar-refractivity contribution in [2.45, 2.75) is 6.92 Å². The molecule has 31 heavy (non-hydrogen) atoms. The molecular formula is C22H16N4O4S. The third kappa shape index (κ3) is 4.73. The van der Waals surface area contributed by atoms with Crippen LogP contribution in [0, 0.1) is 17.0 Å². The Hall–Kier alpha value is -4.11. The second-order valence-corrected chi connectivity index (χ2v) is 7.48. The normalized spacial score (nSPS) is 10.5. The molecule has 4 rings (SSSR count). The largest absolute Gasteiger partial charge is 0.457 e. The minimum atomic E-state index is -0.508. The molecular weight excluding hydrogens is 416 g/mol. The van der Waals surface area contributed by atoms with Crippen molar-refractivity contribution in [2.75, 3.05) is 5.32 Å². The fraction of sp³-hybridized carbons (Fsp3) is 0.0455. The van der Waals surface area contributed by atoms with Crippen molar-refractivity contribution in [2.24, 2.45) is 0 Å². The number of hydrogen-bond donors (Lipinski definition) is 1. The van der Waals surface area contributed by atoms with Crippen molar-refractivity contribution in [3.8, 4) is 22.8 Å². The van der Waals surface area contributed by atoms with Crippen LogP contribution in [0.25, 0.3) is 11.3 Å². The van der Waals surface area contributed by atoms with E-state index in [1.165, 1.54) is 29.7 Å². The highest BCUT2D eigenvalue weighted by atomic mass is 32.1. The molecule has 0 atom stereocenters. The van der Waals surface area contributed by atoms with Crippen LogP contribution in [-0.4, -0.2) is 20.8 Å². The van der Waals surface area contributed by atoms with E-state index in [1.54, 1.807) is 35.8 Å². The lowest BCUT2D eigenvalue weighted by Crippen LogP contribution is -2.12. The molecule has 9 heteroatoms. The Kier molecular flexibility index (Phi) is 5.67. The van der Waals surface area contributed by atoms with Gasteiger partial charge in [-0.1, -0.05) is 12.1 Å². The first-order chi connectivity index (χ1) is 15.0. The molecule has 0 aliphatic carbocycles. The van der Waals surface area contributed by atoms with E-state index in [0.29, 0.717) is 22.2 Å². The van der Waals surface area contributed by atoms with E-state index >= 15 is 0 Å². The number of nitro groups is 1. The molecule has 154 valence electrons. The zero-order valence-corrected chi connectivity index (χ0v) is 17.1. The van der Waals surface area contributed by atoms with Gasteiger partial charge in [0, 0.05) is 35.0 Å². The highest BCUT2D eigenvalue weighted by molar-refractivity contribution is 7.13. The molecule has 0 saturated carbocycles. The second kappa shape index (κ2) is 8.72. The van der Waals surface area contributed by atoms with Gasteiger partial charge in [0.05, 0.1) is 4.92 Å². The molecule has 0 spiro atoms. The predicted molar refractivity (Wildman–Crippen MR) is 118 cm³/mol. The topological polar surface area (TPSA) is 107 Å². The first-order valence-corrected chi connectivity index (χ1v) is 10.1. The Bertz CT molecular complexity index is 1260. The Morgan fingerprint density at radius 1 is 1.06 bits per heavy atom. The number of nitrogens with zero attached hydrogens (tertiary/aromatic N) is 3. The fourth-order valence-electron chi connectivity index (χ4n) is 2.96. The van der Waals surface area contributed by atoms with Crippen molar-refractivity contribution in [1.29, 1.82) is 0 Å². The van der Waals surface area contributed by atoms with Gasteiger partial charge < -0.3 is 4.74 Å². The molecule has 0 fully saturated rings. The number of aryl methyl sites for hydroxylation is 1. The van der Waals surface area contributed by atoms with E-state index in [2.05, 4.69) is 15.3 Å². The number of benzene rings is 2. The highest BCUT2D eigenvalue weighted by Gasteiger charge is 2.19. The quantitative estimate of drug-likeness (QED) is 0.320. The van der Waals surface area contributed by atoms with Crippen molar-refractivity contribution < 1.29 is 14.5 Å². The van der Waals surface area contributed by atoms with E-state index in [4.69, 9.17) is 4.74 Å². The minimum absolute atomic E-state index is 0.144. The molecule has 0 bridgehead atoms. The standard InChI is InChI=1S/C22H16N4O4S/c1-14-4-2-5-17(10-14)30-18-12-15(20-19(26(28)29)6-3-7-23-20)11-16(13-18)21(27)25-22-24-8-9-31-22/h2-13H,1H3,(H,24,25,27). The van der Waals surface area contributed by atoms with Crippen LogP contribution in [0.15, 0.2) is 72.4 Å². The van der Waals surface area contributed by atoms with Gasteiger partial charge >= 0.3 is 0 Å². The number of amides is 1. The number of carbonyl (C=O) groups is 1. The van der Waals surface area contributed by atoms with Crippen molar-refractivity contribution in [3.05, 3.63) is 93.6 Å². The third-order valence-corrected chi connectivity index (χ3v) is 4.99. The summed E-state index contributed by atoms with van der Waals surface area (Å²) in [6.45, 7) is 1.94. The average molecular weight is 432 g/mol. The monoisotopic (exact) mass is 432 g/mol. The zero-order valence-electron chi connectivity index (χ0n) is 16.3. The summed E-state index contributed by atoms with van der Waals surface area (Å²) in [5.74, 6) is 0.524. The molecule has 0 aliphatic heterocycles. The summed E-state index contributed by atoms with van der Waals surface area (Å²) in [6, 6.07) is 15.0. The fourth-order valence-corrected chi connectivity index (χ4v) is 3.49. The zero-order chi connectivity index (χ0) is 21.8. The highest BCUT2D eigenvalue weighted by Crippen LogP contribution is 2.33. The lowest BCUT2D eigenvalue weighted by atomic mass is 10.0. The summed E-state index contributed by atoms with van der Waals surface area (Å²) in [7, 11) is 0. The summed E-state index contributed by atoms with van der Waals surface area (Å²) < 4.78 is 5.96. The van der Waals surface area contributed by atoms with Crippen LogP contribution in [0.5, 0.6) is 11.5 Å². The molecule has 2 aromatic carbocycles. The van der Waals surface area contributed by atoms with E-state index in [1.807, 2.05) is 25.1 Å². The number of carbonyl (C=O) groups excluding carboxylic acids is 1. The Morgan fingerprint density at radius 2 is 1.94 bits per heavy atom. The molecule has 8 nitrogen and oxygen atoms in total. The summed E-state index contributed by atoms with van der Waals surface area (Å²) in [5, 5.41) is 16.4. The first-order valence-electron chi connectivity index (χ1n) is 9.20. The predicted octanol–water partition coefficient (Wildman–Crippen LogP) is 5.47. The molecule has 0 radical (unpaired) electrons. The van der Waals surface area contributed by atoms with Crippen LogP contribution >= 0.6 is 11.3 Å². The number of hydrogen-bond acceptors (Lipinski definition) is 7. The maximum absolute atomic E-state index is 12.8. The summed E-state index contributed by atoms with van der Waals surface area (Å²) in [6.07, 6.45) is 3.05. The molecule has 2 aromatic heterocycles. The second-order valence-electron chi connectivity index (χ2n) is 6.58. The average Bonchev–Trinajstić information content (AvgIpc) is 3.26. The number of aromatic nitrogens is 2. The number of pyridine rings is 1. The molecule has 1 amide bonds. The van der Waals surface area contributed by atoms with Gasteiger partial charge in [-0.15, -0.1) is 11.3 Å². The lowest BCUT2D eigenvalue weighted by Gasteiger charge is -2.11. The Labute approximate surface area is 181 Å². The smallest absolute Gasteiger partial charge is 0.295 e. The Morgan fingerprint density at radius 3 is 2.68 bits per heavy atom. The third-order valence-electron chi connectivity index (χ3n) is 4.30. The van der Waals surface area contributed by atoms with E-state index in [0.717, 1.165) is 5.56 Å². The van der Waals surface area contributed by atoms with Crippen LogP contribution < -0.4 is 10.1 Å². The molecule has 4 aromatic rings. The van der Waals surface area contributed by atoms with Gasteiger partial charge in [0.1, 0.15) is 17.2 Å². The molecule has 0 saturated heterocycles. The van der Waals surface area contributed by atoms with Crippen LogP contribution in [0.4, 0.5) is 10.8 Å². The number of rotatable bonds is 6. The lowest BCUT2D eigenvalue weighted by molar-refractivity contribution is -0.384. The van der Waals surface area contributed by atoms with Crippen LogP contribution in [0.2, 0.25) is 0 Å². The van der Waals surface area contributed by atoms with Crippen molar-refractivity contribution in [3.63, 3.8) is 0 Å². The summed E-state index contributed by atoms with van der Waals surface area (Å²) in [5.41, 5.74) is 1.64. The van der Waals surface area contributed by atoms with E-state index in [9.17, 15) is 14.9 Å². The number of thiazole rings is 1. The maximum atomic E-state index is 12.8. The SMILES string of the molecule is Cc1cccc(Oc2cc(C(=O)Nc3nccs3)cc(-c3ncccc3[N+](=O)[O-])c2)c1. The summed E-state index contributed by atoms with van der Waals surface area (Å²) in [4.78, 5) is 32.0. The molecule has 2 heterocycles. The maximum Gasteiger partial charge on any atom is 0.295 e. The summed E-state index contributed by atoms with van der Waals surface area (Å²) >= 11 is 1.29. The first kappa shape index (κ1) is 20.2. The van der Waals surface area contributed by atoms with E-state index < -0.39 is 10.8 Å². The number of ether oxygens (including phenoxy) is 1. The van der Waals surface area contributed by atoms with Gasteiger partial charge in [-0.2, -0.15) is 0 Å². The molecule has 1 N–H and O–H groups in total.